The van der Waals surface area contributed by atoms with Crippen molar-refractivity contribution in [2.24, 2.45) is 0 Å². The summed E-state index contributed by atoms with van der Waals surface area (Å²) in [6.07, 6.45) is 0.993. The molecule has 0 fully saturated rings. The summed E-state index contributed by atoms with van der Waals surface area (Å²) in [6.45, 7) is 0. The number of nitrogens with one attached hydrogen (secondary N) is 1. The Morgan fingerprint density at radius 3 is 2.23 bits per heavy atom. The summed E-state index contributed by atoms with van der Waals surface area (Å²) in [7, 11) is 0. The van der Waals surface area contributed by atoms with E-state index in [4.69, 9.17) is 11.6 Å². The molecule has 0 radical (unpaired) electrons. The average Bonchev–Trinajstić information content (AvgIpc) is 2.47. The van der Waals surface area contributed by atoms with Crippen LogP contribution in [0, 0.1) is 20.2 Å². The number of nitro groups is 2. The summed E-state index contributed by atoms with van der Waals surface area (Å²) in [6, 6.07) is 5.85. The van der Waals surface area contributed by atoms with Crippen molar-refractivity contribution < 1.29 is 14.6 Å². The van der Waals surface area contributed by atoms with Gasteiger partial charge >= 0.3 is 0 Å². The molecule has 0 atom stereocenters. The lowest BCUT2D eigenvalue weighted by molar-refractivity contribution is -0.385. The van der Waals surface area contributed by atoms with Gasteiger partial charge in [0, 0.05) is 18.2 Å². The molecule has 0 saturated carbocycles. The molecule has 0 aliphatic carbocycles. The lowest BCUT2D eigenvalue weighted by atomic mass is 10.2. The van der Waals surface area contributed by atoms with Gasteiger partial charge in [0.1, 0.15) is 12.0 Å². The number of hydrogen-bond donors (Lipinski definition) is 1. The number of aromatic nitrogens is 1. The number of anilines is 1. The van der Waals surface area contributed by atoms with Gasteiger partial charge < -0.3 is 5.32 Å². The molecule has 1 amide bonds. The minimum absolute atomic E-state index is 0.0208. The Labute approximate surface area is 127 Å². The molecule has 1 heterocycles. The fourth-order valence-electron chi connectivity index (χ4n) is 1.55. The maximum atomic E-state index is 12.0. The van der Waals surface area contributed by atoms with Crippen molar-refractivity contribution in [1.82, 2.24) is 4.98 Å². The van der Waals surface area contributed by atoms with E-state index in [0.717, 1.165) is 18.3 Å². The summed E-state index contributed by atoms with van der Waals surface area (Å²) in [4.78, 5) is 35.5. The SMILES string of the molecule is O=C(Nc1ccc([N+](=O)[O-])cn1)c1ccc([N+](=O)[O-])cc1Cl. The number of hydrogen-bond acceptors (Lipinski definition) is 6. The van der Waals surface area contributed by atoms with Gasteiger partial charge in [0.05, 0.1) is 20.4 Å². The van der Waals surface area contributed by atoms with Crippen molar-refractivity contribution in [3.8, 4) is 0 Å². The first-order valence-electron chi connectivity index (χ1n) is 5.74. The lowest BCUT2D eigenvalue weighted by Gasteiger charge is -2.05. The van der Waals surface area contributed by atoms with Crippen LogP contribution in [0.15, 0.2) is 36.5 Å². The van der Waals surface area contributed by atoms with E-state index >= 15 is 0 Å². The standard InChI is InChI=1S/C12H7ClN4O5/c13-10-5-7(16(19)20)1-3-9(10)12(18)15-11-4-2-8(6-14-11)17(21)22/h1-6H,(H,14,15,18). The molecule has 0 aliphatic rings. The van der Waals surface area contributed by atoms with Crippen LogP contribution >= 0.6 is 11.6 Å². The molecule has 0 bridgehead atoms. The molecular formula is C12H7ClN4O5. The van der Waals surface area contributed by atoms with Crippen LogP contribution in [0.5, 0.6) is 0 Å². The van der Waals surface area contributed by atoms with Gasteiger partial charge in [-0.15, -0.1) is 0 Å². The third-order valence-electron chi connectivity index (χ3n) is 2.61. The molecule has 2 rings (SSSR count). The Balaban J connectivity index is 2.18. The summed E-state index contributed by atoms with van der Waals surface area (Å²) >= 11 is 5.83. The van der Waals surface area contributed by atoms with E-state index in [1.807, 2.05) is 0 Å². The summed E-state index contributed by atoms with van der Waals surface area (Å²) in [5, 5.41) is 23.4. The van der Waals surface area contributed by atoms with E-state index in [1.165, 1.54) is 18.2 Å². The second kappa shape index (κ2) is 6.14. The predicted molar refractivity (Wildman–Crippen MR) is 77.0 cm³/mol. The molecule has 0 spiro atoms. The maximum absolute atomic E-state index is 12.0. The van der Waals surface area contributed by atoms with Gasteiger partial charge in [0.2, 0.25) is 0 Å². The first kappa shape index (κ1) is 15.3. The summed E-state index contributed by atoms with van der Waals surface area (Å²) in [5.41, 5.74) is -0.436. The minimum atomic E-state index is -0.638. The van der Waals surface area contributed by atoms with Crippen molar-refractivity contribution in [2.75, 3.05) is 5.32 Å². The Morgan fingerprint density at radius 1 is 1.09 bits per heavy atom. The Morgan fingerprint density at radius 2 is 1.73 bits per heavy atom. The monoisotopic (exact) mass is 322 g/mol. The second-order valence-corrected chi connectivity index (χ2v) is 4.44. The first-order chi connectivity index (χ1) is 10.4. The Kier molecular flexibility index (Phi) is 4.28. The molecule has 1 aromatic carbocycles. The highest BCUT2D eigenvalue weighted by Gasteiger charge is 2.16. The van der Waals surface area contributed by atoms with Gasteiger partial charge in [0.15, 0.2) is 0 Å². The zero-order chi connectivity index (χ0) is 16.3. The van der Waals surface area contributed by atoms with Crippen LogP contribution in [0.2, 0.25) is 5.02 Å². The number of nitrogens with zero attached hydrogens (tertiary/aromatic N) is 3. The van der Waals surface area contributed by atoms with E-state index < -0.39 is 15.8 Å². The van der Waals surface area contributed by atoms with Crippen molar-refractivity contribution >= 4 is 34.7 Å². The molecule has 0 aliphatic heterocycles. The molecular weight excluding hydrogens is 316 g/mol. The lowest BCUT2D eigenvalue weighted by Crippen LogP contribution is -2.13. The number of benzene rings is 1. The number of rotatable bonds is 4. The van der Waals surface area contributed by atoms with Crippen LogP contribution < -0.4 is 5.32 Å². The van der Waals surface area contributed by atoms with Crippen LogP contribution in [0.3, 0.4) is 0 Å². The number of halogens is 1. The van der Waals surface area contributed by atoms with Gasteiger partial charge in [0.25, 0.3) is 17.3 Å². The highest BCUT2D eigenvalue weighted by atomic mass is 35.5. The van der Waals surface area contributed by atoms with Crippen LogP contribution in [0.25, 0.3) is 0 Å². The molecule has 0 unspecified atom stereocenters. The Hall–Kier alpha value is -3.07. The van der Waals surface area contributed by atoms with Crippen molar-refractivity contribution in [1.29, 1.82) is 0 Å². The van der Waals surface area contributed by atoms with Crippen LogP contribution in [-0.2, 0) is 0 Å². The van der Waals surface area contributed by atoms with Gasteiger partial charge in [-0.3, -0.25) is 25.0 Å². The number of non-ortho nitro benzene ring substituents is 1. The van der Waals surface area contributed by atoms with Gasteiger partial charge in [-0.2, -0.15) is 0 Å². The topological polar surface area (TPSA) is 128 Å². The van der Waals surface area contributed by atoms with Crippen LogP contribution in [0.4, 0.5) is 17.2 Å². The zero-order valence-corrected chi connectivity index (χ0v) is 11.5. The van der Waals surface area contributed by atoms with E-state index in [2.05, 4.69) is 10.3 Å². The van der Waals surface area contributed by atoms with Crippen molar-refractivity contribution in [2.45, 2.75) is 0 Å². The fraction of sp³-hybridized carbons (Fsp3) is 0. The van der Waals surface area contributed by atoms with E-state index in [-0.39, 0.29) is 27.8 Å². The molecule has 0 saturated heterocycles. The molecule has 9 nitrogen and oxygen atoms in total. The van der Waals surface area contributed by atoms with Gasteiger partial charge in [-0.25, -0.2) is 4.98 Å². The van der Waals surface area contributed by atoms with E-state index in [9.17, 15) is 25.0 Å². The first-order valence-corrected chi connectivity index (χ1v) is 6.12. The number of carbonyl (C=O) groups excluding carboxylic acids is 1. The molecule has 1 N–H and O–H groups in total. The average molecular weight is 323 g/mol. The third kappa shape index (κ3) is 3.33. The fourth-order valence-corrected chi connectivity index (χ4v) is 1.81. The third-order valence-corrected chi connectivity index (χ3v) is 2.92. The molecule has 10 heteroatoms. The van der Waals surface area contributed by atoms with E-state index in [1.54, 1.807) is 0 Å². The predicted octanol–water partition coefficient (Wildman–Crippen LogP) is 2.80. The normalized spacial score (nSPS) is 10.0. The largest absolute Gasteiger partial charge is 0.307 e. The zero-order valence-electron chi connectivity index (χ0n) is 10.7. The smallest absolute Gasteiger partial charge is 0.287 e. The highest BCUT2D eigenvalue weighted by Crippen LogP contribution is 2.23. The van der Waals surface area contributed by atoms with Crippen molar-refractivity contribution in [3.05, 3.63) is 67.3 Å². The highest BCUT2D eigenvalue weighted by molar-refractivity contribution is 6.34. The van der Waals surface area contributed by atoms with Crippen LogP contribution in [0.1, 0.15) is 10.4 Å². The van der Waals surface area contributed by atoms with Crippen LogP contribution in [-0.4, -0.2) is 20.7 Å². The minimum Gasteiger partial charge on any atom is -0.307 e. The number of nitro benzene ring substituents is 1. The van der Waals surface area contributed by atoms with E-state index in [0.29, 0.717) is 0 Å². The molecule has 22 heavy (non-hydrogen) atoms. The molecule has 2 aromatic rings. The quantitative estimate of drug-likeness (QED) is 0.680. The number of pyridine rings is 1. The number of carbonyl (C=O) groups is 1. The van der Waals surface area contributed by atoms with Crippen molar-refractivity contribution in [3.63, 3.8) is 0 Å². The van der Waals surface area contributed by atoms with Gasteiger partial charge in [-0.1, -0.05) is 11.6 Å². The number of amides is 1. The molecule has 112 valence electrons. The second-order valence-electron chi connectivity index (χ2n) is 4.03. The van der Waals surface area contributed by atoms with Gasteiger partial charge in [-0.05, 0) is 12.1 Å². The maximum Gasteiger partial charge on any atom is 0.287 e. The molecule has 1 aromatic heterocycles. The summed E-state index contributed by atoms with van der Waals surface area (Å²) < 4.78 is 0. The summed E-state index contributed by atoms with van der Waals surface area (Å²) in [5.74, 6) is -0.550. The Bertz CT molecular complexity index is 763.